The lowest BCUT2D eigenvalue weighted by Crippen LogP contribution is -2.41. The van der Waals surface area contributed by atoms with Crippen LogP contribution >= 0.6 is 0 Å². The number of hydrogen-bond acceptors (Lipinski definition) is 4. The van der Waals surface area contributed by atoms with Crippen molar-refractivity contribution in [3.63, 3.8) is 0 Å². The van der Waals surface area contributed by atoms with Crippen LogP contribution in [0.15, 0.2) is 12.1 Å². The molecule has 2 aliphatic rings. The molecule has 1 aromatic rings. The lowest BCUT2D eigenvalue weighted by molar-refractivity contribution is -0.301. The number of amides is 1. The maximum atomic E-state index is 15.1. The number of carbonyl (C=O) groups is 1. The summed E-state index contributed by atoms with van der Waals surface area (Å²) in [6.45, 7) is 6.87. The first-order valence-electron chi connectivity index (χ1n) is 12.1. The summed E-state index contributed by atoms with van der Waals surface area (Å²) < 4.78 is 21.2. The highest BCUT2D eigenvalue weighted by atomic mass is 19.1. The number of benzene rings is 1. The molecule has 0 radical (unpaired) electrons. The van der Waals surface area contributed by atoms with Crippen molar-refractivity contribution < 1.29 is 24.1 Å². The predicted molar refractivity (Wildman–Crippen MR) is 119 cm³/mol. The summed E-state index contributed by atoms with van der Waals surface area (Å²) in [6.07, 6.45) is 9.58. The van der Waals surface area contributed by atoms with Crippen LogP contribution in [-0.4, -0.2) is 34.9 Å². The van der Waals surface area contributed by atoms with Crippen molar-refractivity contribution >= 4 is 5.91 Å². The molecule has 1 aliphatic carbocycles. The molecule has 1 heterocycles. The lowest BCUT2D eigenvalue weighted by Gasteiger charge is -2.27. The van der Waals surface area contributed by atoms with Crippen molar-refractivity contribution in [2.75, 3.05) is 6.61 Å². The van der Waals surface area contributed by atoms with Crippen LogP contribution in [0.5, 0.6) is 5.75 Å². The van der Waals surface area contributed by atoms with E-state index in [1.165, 1.54) is 30.2 Å². The molecule has 3 atom stereocenters. The van der Waals surface area contributed by atoms with Gasteiger partial charge in [-0.05, 0) is 68.9 Å². The number of nitrogens with zero attached hydrogens (tertiary/aromatic N) is 1. The van der Waals surface area contributed by atoms with Gasteiger partial charge in [0.05, 0.1) is 12.2 Å². The first-order valence-corrected chi connectivity index (χ1v) is 12.1. The molecular weight excluding hydrogens is 397 g/mol. The first-order chi connectivity index (χ1) is 15.0. The van der Waals surface area contributed by atoms with Gasteiger partial charge >= 0.3 is 0 Å². The molecule has 0 bridgehead atoms. The highest BCUT2D eigenvalue weighted by Crippen LogP contribution is 2.45. The molecule has 5 nitrogen and oxygen atoms in total. The van der Waals surface area contributed by atoms with Gasteiger partial charge < -0.3 is 9.64 Å². The Kier molecular flexibility index (Phi) is 8.73. The number of hydrogen-bond donors (Lipinski definition) is 1. The Morgan fingerprint density at radius 1 is 1.16 bits per heavy atom. The van der Waals surface area contributed by atoms with E-state index in [-0.39, 0.29) is 11.6 Å². The minimum absolute atomic E-state index is 0.0399. The quantitative estimate of drug-likeness (QED) is 0.231. The van der Waals surface area contributed by atoms with Gasteiger partial charge in [-0.15, -0.1) is 0 Å². The van der Waals surface area contributed by atoms with Crippen LogP contribution in [0.4, 0.5) is 4.39 Å². The summed E-state index contributed by atoms with van der Waals surface area (Å²) >= 11 is 0. The minimum Gasteiger partial charge on any atom is -0.493 e. The molecule has 1 aliphatic heterocycles. The van der Waals surface area contributed by atoms with E-state index in [0.29, 0.717) is 37.0 Å². The van der Waals surface area contributed by atoms with Crippen LogP contribution in [0.3, 0.4) is 0 Å². The second-order valence-corrected chi connectivity index (χ2v) is 9.30. The Morgan fingerprint density at radius 3 is 2.58 bits per heavy atom. The fourth-order valence-corrected chi connectivity index (χ4v) is 4.70. The average molecular weight is 436 g/mol. The van der Waals surface area contributed by atoms with Crippen molar-refractivity contribution in [3.8, 4) is 5.75 Å². The molecule has 1 amide bonds. The zero-order chi connectivity index (χ0) is 22.4. The van der Waals surface area contributed by atoms with Crippen LogP contribution in [0.1, 0.15) is 107 Å². The zero-order valence-corrected chi connectivity index (χ0v) is 19.2. The molecule has 3 unspecified atom stereocenters. The van der Waals surface area contributed by atoms with E-state index in [1.54, 1.807) is 6.07 Å². The van der Waals surface area contributed by atoms with Gasteiger partial charge in [0.25, 0.3) is 5.91 Å². The number of halogens is 1. The van der Waals surface area contributed by atoms with E-state index in [1.807, 2.05) is 6.92 Å². The van der Waals surface area contributed by atoms with Gasteiger partial charge in [0.1, 0.15) is 11.6 Å². The second kappa shape index (κ2) is 11.3. The number of rotatable bonds is 12. The standard InChI is InChI=1S/C25H38FNO4/c1-4-6-7-9-18(8-5-2)16-30-23-15-22(26)21(14-20(23)19-11-12-19)25(28)27-17(3)10-13-24(27)31-29/h14-15,17-19,24,29H,4-13,16H2,1-3H3. The molecule has 174 valence electrons. The van der Waals surface area contributed by atoms with Crippen molar-refractivity contribution in [1.29, 1.82) is 0 Å². The molecule has 6 heteroatoms. The molecule has 3 rings (SSSR count). The van der Waals surface area contributed by atoms with Gasteiger partial charge in [-0.25, -0.2) is 14.5 Å². The van der Waals surface area contributed by atoms with Crippen molar-refractivity contribution in [2.45, 2.75) is 103 Å². The van der Waals surface area contributed by atoms with E-state index >= 15 is 4.39 Å². The van der Waals surface area contributed by atoms with Gasteiger partial charge in [-0.1, -0.05) is 39.5 Å². The summed E-state index contributed by atoms with van der Waals surface area (Å²) in [7, 11) is 0. The molecule has 31 heavy (non-hydrogen) atoms. The van der Waals surface area contributed by atoms with Gasteiger partial charge in [-0.3, -0.25) is 4.79 Å². The highest BCUT2D eigenvalue weighted by Gasteiger charge is 2.38. The van der Waals surface area contributed by atoms with Gasteiger partial charge in [-0.2, -0.15) is 0 Å². The fraction of sp³-hybridized carbons (Fsp3) is 0.720. The lowest BCUT2D eigenvalue weighted by atomic mass is 9.97. The maximum Gasteiger partial charge on any atom is 0.259 e. The number of unbranched alkanes of at least 4 members (excludes halogenated alkanes) is 2. The van der Waals surface area contributed by atoms with Crippen molar-refractivity contribution in [2.24, 2.45) is 5.92 Å². The van der Waals surface area contributed by atoms with E-state index in [0.717, 1.165) is 37.7 Å². The molecule has 0 aromatic heterocycles. The molecule has 1 N–H and O–H groups in total. The third kappa shape index (κ3) is 5.98. The highest BCUT2D eigenvalue weighted by molar-refractivity contribution is 5.95. The number of carbonyl (C=O) groups excluding carboxylic acids is 1. The van der Waals surface area contributed by atoms with E-state index in [9.17, 15) is 4.79 Å². The molecule has 0 spiro atoms. The summed E-state index contributed by atoms with van der Waals surface area (Å²) in [4.78, 5) is 19.0. The Bertz CT molecular complexity index is 736. The van der Waals surface area contributed by atoms with E-state index in [4.69, 9.17) is 9.99 Å². The Labute approximate surface area is 185 Å². The van der Waals surface area contributed by atoms with Crippen molar-refractivity contribution in [3.05, 3.63) is 29.1 Å². The fourth-order valence-electron chi connectivity index (χ4n) is 4.70. The maximum absolute atomic E-state index is 15.1. The van der Waals surface area contributed by atoms with Crippen LogP contribution < -0.4 is 4.74 Å². The third-order valence-electron chi connectivity index (χ3n) is 6.71. The van der Waals surface area contributed by atoms with Crippen LogP contribution in [0.25, 0.3) is 0 Å². The third-order valence-corrected chi connectivity index (χ3v) is 6.71. The van der Waals surface area contributed by atoms with E-state index in [2.05, 4.69) is 18.7 Å². The average Bonchev–Trinajstić information content (AvgIpc) is 3.53. The molecule has 1 saturated carbocycles. The molecule has 1 aromatic carbocycles. The van der Waals surface area contributed by atoms with Crippen LogP contribution in [-0.2, 0) is 4.89 Å². The summed E-state index contributed by atoms with van der Waals surface area (Å²) in [6, 6.07) is 2.96. The Hall–Kier alpha value is -1.66. The SMILES string of the molecule is CCCCCC(CCC)COc1cc(F)c(C(=O)N2C(C)CCC2OO)cc1C1CC1. The smallest absolute Gasteiger partial charge is 0.259 e. The Morgan fingerprint density at radius 2 is 1.94 bits per heavy atom. The minimum atomic E-state index is -0.722. The van der Waals surface area contributed by atoms with Gasteiger partial charge in [0.2, 0.25) is 0 Å². The molecular formula is C25H38FNO4. The first kappa shape index (κ1) is 24.0. The monoisotopic (exact) mass is 435 g/mol. The zero-order valence-electron chi connectivity index (χ0n) is 19.2. The summed E-state index contributed by atoms with van der Waals surface area (Å²) in [5, 5.41) is 9.15. The molecule has 1 saturated heterocycles. The second-order valence-electron chi connectivity index (χ2n) is 9.30. The predicted octanol–water partition coefficient (Wildman–Crippen LogP) is 6.52. The van der Waals surface area contributed by atoms with Crippen LogP contribution in [0, 0.1) is 11.7 Å². The van der Waals surface area contributed by atoms with Crippen molar-refractivity contribution in [1.82, 2.24) is 4.90 Å². The Balaban J connectivity index is 1.77. The topological polar surface area (TPSA) is 59.0 Å². The molecule has 2 fully saturated rings. The summed E-state index contributed by atoms with van der Waals surface area (Å²) in [5.41, 5.74) is 0.972. The van der Waals surface area contributed by atoms with Gasteiger partial charge in [0.15, 0.2) is 6.23 Å². The number of likely N-dealkylation sites (tertiary alicyclic amines) is 1. The van der Waals surface area contributed by atoms with Gasteiger partial charge in [0, 0.05) is 12.1 Å². The van der Waals surface area contributed by atoms with Crippen LogP contribution in [0.2, 0.25) is 0 Å². The number of ether oxygens (including phenoxy) is 1. The van der Waals surface area contributed by atoms with E-state index < -0.39 is 18.0 Å². The largest absolute Gasteiger partial charge is 0.493 e. The normalized spacial score (nSPS) is 22.0. The summed E-state index contributed by atoms with van der Waals surface area (Å²) in [5.74, 6) is 0.378.